The number of rotatable bonds is 3. The summed E-state index contributed by atoms with van der Waals surface area (Å²) >= 11 is 0. The first kappa shape index (κ1) is 17.0. The molecule has 1 saturated heterocycles. The Balaban J connectivity index is 1.54. The van der Waals surface area contributed by atoms with Gasteiger partial charge in [0.15, 0.2) is 0 Å². The molecule has 138 valence electrons. The zero-order chi connectivity index (χ0) is 18.4. The number of hydrogen-bond acceptors (Lipinski definition) is 5. The van der Waals surface area contributed by atoms with Crippen molar-refractivity contribution >= 4 is 23.2 Å². The van der Waals surface area contributed by atoms with Crippen LogP contribution < -0.4 is 16.5 Å². The second-order valence-electron chi connectivity index (χ2n) is 7.37. The molecule has 1 saturated carbocycles. The van der Waals surface area contributed by atoms with Crippen LogP contribution in [0.15, 0.2) is 29.4 Å². The summed E-state index contributed by atoms with van der Waals surface area (Å²) in [6, 6.07) is 5.00. The Morgan fingerprint density at radius 3 is 2.54 bits per heavy atom. The van der Waals surface area contributed by atoms with Gasteiger partial charge in [-0.15, -0.1) is 0 Å². The van der Waals surface area contributed by atoms with Crippen molar-refractivity contribution in [1.29, 1.82) is 0 Å². The molecule has 2 aliphatic heterocycles. The summed E-state index contributed by atoms with van der Waals surface area (Å²) in [6.45, 7) is 1.33. The highest BCUT2D eigenvalue weighted by atomic mass is 19.1. The Kier molecular flexibility index (Phi) is 4.14. The predicted octanol–water partition coefficient (Wildman–Crippen LogP) is 0.441. The predicted molar refractivity (Wildman–Crippen MR) is 94.7 cm³/mol. The number of benzene rings is 1. The second-order valence-corrected chi connectivity index (χ2v) is 7.37. The number of carbonyl (C=O) groups excluding carboxylic acids is 2. The summed E-state index contributed by atoms with van der Waals surface area (Å²) in [5.41, 5.74) is 12.5. The van der Waals surface area contributed by atoms with Gasteiger partial charge in [0.05, 0.1) is 5.69 Å². The van der Waals surface area contributed by atoms with Crippen molar-refractivity contribution in [3.05, 3.63) is 30.1 Å². The number of primary amides is 1. The molecular formula is C18H22FN5O2. The van der Waals surface area contributed by atoms with Crippen LogP contribution in [-0.4, -0.2) is 47.6 Å². The summed E-state index contributed by atoms with van der Waals surface area (Å²) in [5, 5.41) is 5.77. The molecule has 4 rings (SSSR count). The molecular weight excluding hydrogens is 337 g/mol. The van der Waals surface area contributed by atoms with E-state index in [0.29, 0.717) is 36.3 Å². The molecule has 4 atom stereocenters. The molecule has 2 amide bonds. The molecule has 4 N–H and O–H groups in total. The van der Waals surface area contributed by atoms with Crippen LogP contribution in [0.5, 0.6) is 0 Å². The number of halogens is 1. The zero-order valence-corrected chi connectivity index (χ0v) is 14.3. The molecule has 7 nitrogen and oxygen atoms in total. The minimum Gasteiger partial charge on any atom is -0.368 e. The Morgan fingerprint density at radius 1 is 1.15 bits per heavy atom. The standard InChI is InChI=1S/C18H22FN5O2/c19-11-2-4-12(5-3-11)24-16(17(21)25)7-15(22-24)18(26)23-8-10-1-6-14(20)13(10)9-23/h2-5,10,13-14,16H,1,6-9,20H2,(H2,21,25). The third-order valence-electron chi connectivity index (χ3n) is 5.78. The van der Waals surface area contributed by atoms with E-state index in [9.17, 15) is 14.0 Å². The molecule has 1 aliphatic carbocycles. The maximum Gasteiger partial charge on any atom is 0.270 e. The summed E-state index contributed by atoms with van der Waals surface area (Å²) in [7, 11) is 0. The first-order valence-electron chi connectivity index (χ1n) is 8.90. The van der Waals surface area contributed by atoms with E-state index in [2.05, 4.69) is 5.10 Å². The van der Waals surface area contributed by atoms with Crippen molar-refractivity contribution < 1.29 is 14.0 Å². The van der Waals surface area contributed by atoms with Crippen LogP contribution in [0.3, 0.4) is 0 Å². The van der Waals surface area contributed by atoms with Crippen molar-refractivity contribution in [2.24, 2.45) is 28.4 Å². The van der Waals surface area contributed by atoms with Crippen LogP contribution in [0.1, 0.15) is 19.3 Å². The van der Waals surface area contributed by atoms with E-state index >= 15 is 0 Å². The molecule has 2 fully saturated rings. The lowest BCUT2D eigenvalue weighted by Gasteiger charge is -2.20. The lowest BCUT2D eigenvalue weighted by Crippen LogP contribution is -2.40. The molecule has 1 aromatic carbocycles. The minimum absolute atomic E-state index is 0.150. The Morgan fingerprint density at radius 2 is 1.88 bits per heavy atom. The first-order valence-corrected chi connectivity index (χ1v) is 8.90. The minimum atomic E-state index is -0.747. The van der Waals surface area contributed by atoms with Gasteiger partial charge in [0.1, 0.15) is 17.6 Å². The van der Waals surface area contributed by atoms with Gasteiger partial charge in [0.25, 0.3) is 5.91 Å². The quantitative estimate of drug-likeness (QED) is 0.817. The second kappa shape index (κ2) is 6.35. The fraction of sp³-hybridized carbons (Fsp3) is 0.500. The van der Waals surface area contributed by atoms with Gasteiger partial charge in [-0.25, -0.2) is 4.39 Å². The van der Waals surface area contributed by atoms with E-state index in [-0.39, 0.29) is 24.2 Å². The largest absolute Gasteiger partial charge is 0.368 e. The number of anilines is 1. The van der Waals surface area contributed by atoms with Crippen LogP contribution in [0.4, 0.5) is 10.1 Å². The molecule has 3 aliphatic rings. The van der Waals surface area contributed by atoms with Gasteiger partial charge in [-0.05, 0) is 48.9 Å². The lowest BCUT2D eigenvalue weighted by atomic mass is 9.98. The van der Waals surface area contributed by atoms with E-state index in [4.69, 9.17) is 11.5 Å². The topological polar surface area (TPSA) is 105 Å². The van der Waals surface area contributed by atoms with Gasteiger partial charge in [0, 0.05) is 25.6 Å². The number of amides is 2. The van der Waals surface area contributed by atoms with Gasteiger partial charge < -0.3 is 16.4 Å². The van der Waals surface area contributed by atoms with Crippen LogP contribution in [0, 0.1) is 17.7 Å². The number of carbonyl (C=O) groups is 2. The molecule has 26 heavy (non-hydrogen) atoms. The van der Waals surface area contributed by atoms with Gasteiger partial charge in [0.2, 0.25) is 5.91 Å². The highest BCUT2D eigenvalue weighted by molar-refractivity contribution is 6.40. The van der Waals surface area contributed by atoms with Crippen LogP contribution in [0.25, 0.3) is 0 Å². The van der Waals surface area contributed by atoms with E-state index < -0.39 is 11.9 Å². The molecule has 2 heterocycles. The third-order valence-corrected chi connectivity index (χ3v) is 5.78. The lowest BCUT2D eigenvalue weighted by molar-refractivity contribution is -0.123. The van der Waals surface area contributed by atoms with Crippen molar-refractivity contribution in [2.75, 3.05) is 18.1 Å². The first-order chi connectivity index (χ1) is 12.4. The molecule has 0 aromatic heterocycles. The van der Waals surface area contributed by atoms with Crippen LogP contribution in [0.2, 0.25) is 0 Å². The monoisotopic (exact) mass is 359 g/mol. The molecule has 1 aromatic rings. The number of nitrogens with zero attached hydrogens (tertiary/aromatic N) is 3. The average Bonchev–Trinajstić information content (AvgIpc) is 3.31. The van der Waals surface area contributed by atoms with E-state index in [0.717, 1.165) is 12.8 Å². The highest BCUT2D eigenvalue weighted by Gasteiger charge is 2.44. The highest BCUT2D eigenvalue weighted by Crippen LogP contribution is 2.37. The van der Waals surface area contributed by atoms with Gasteiger partial charge in [-0.3, -0.25) is 14.6 Å². The van der Waals surface area contributed by atoms with Crippen molar-refractivity contribution in [1.82, 2.24) is 4.90 Å². The SMILES string of the molecule is NC(=O)C1CC(C(=O)N2CC3CCC(N)C3C2)=NN1c1ccc(F)cc1. The molecule has 0 bridgehead atoms. The fourth-order valence-corrected chi connectivity index (χ4v) is 4.35. The van der Waals surface area contributed by atoms with E-state index in [1.165, 1.54) is 29.3 Å². The number of hydrogen-bond donors (Lipinski definition) is 2. The van der Waals surface area contributed by atoms with Gasteiger partial charge >= 0.3 is 0 Å². The maximum atomic E-state index is 13.2. The Hall–Kier alpha value is -2.48. The van der Waals surface area contributed by atoms with Crippen LogP contribution in [-0.2, 0) is 9.59 Å². The van der Waals surface area contributed by atoms with Crippen molar-refractivity contribution in [2.45, 2.75) is 31.3 Å². The van der Waals surface area contributed by atoms with Crippen LogP contribution >= 0.6 is 0 Å². The third kappa shape index (κ3) is 2.84. The Labute approximate surface area is 150 Å². The van der Waals surface area contributed by atoms with Gasteiger partial charge in [-0.2, -0.15) is 5.10 Å². The Bertz CT molecular complexity index is 765. The summed E-state index contributed by atoms with van der Waals surface area (Å²) < 4.78 is 13.2. The average molecular weight is 359 g/mol. The smallest absolute Gasteiger partial charge is 0.270 e. The summed E-state index contributed by atoms with van der Waals surface area (Å²) in [5.74, 6) is -0.315. The van der Waals surface area contributed by atoms with E-state index in [1.54, 1.807) is 4.90 Å². The van der Waals surface area contributed by atoms with Crippen molar-refractivity contribution in [3.63, 3.8) is 0 Å². The molecule has 0 spiro atoms. The van der Waals surface area contributed by atoms with Crippen molar-refractivity contribution in [3.8, 4) is 0 Å². The fourth-order valence-electron chi connectivity index (χ4n) is 4.35. The van der Waals surface area contributed by atoms with E-state index in [1.807, 2.05) is 0 Å². The maximum absolute atomic E-state index is 13.2. The molecule has 0 radical (unpaired) electrons. The number of likely N-dealkylation sites (tertiary alicyclic amines) is 1. The summed E-state index contributed by atoms with van der Waals surface area (Å²) in [4.78, 5) is 26.5. The number of hydrazone groups is 1. The number of fused-ring (bicyclic) bond motifs is 1. The summed E-state index contributed by atoms with van der Waals surface area (Å²) in [6.07, 6.45) is 2.22. The number of nitrogens with two attached hydrogens (primary N) is 2. The van der Waals surface area contributed by atoms with Gasteiger partial charge in [-0.1, -0.05) is 0 Å². The normalized spacial score (nSPS) is 30.5. The zero-order valence-electron chi connectivity index (χ0n) is 14.3. The molecule has 8 heteroatoms. The molecule has 4 unspecified atom stereocenters.